The number of nitrogens with one attached hydrogen (secondary N) is 1. The molecule has 0 fully saturated rings. The fourth-order valence-corrected chi connectivity index (χ4v) is 1.52. The highest BCUT2D eigenvalue weighted by atomic mass is 35.5. The summed E-state index contributed by atoms with van der Waals surface area (Å²) in [4.78, 5) is 11.7. The van der Waals surface area contributed by atoms with Crippen LogP contribution in [-0.2, 0) is 6.42 Å². The van der Waals surface area contributed by atoms with Crippen molar-refractivity contribution in [2.24, 2.45) is 0 Å². The van der Waals surface area contributed by atoms with Gasteiger partial charge in [-0.25, -0.2) is 9.97 Å². The number of unbranched alkanes of at least 4 members (excludes halogenated alkanes) is 1. The summed E-state index contributed by atoms with van der Waals surface area (Å²) < 4.78 is 0. The number of imidazole rings is 1. The van der Waals surface area contributed by atoms with Crippen LogP contribution in [0.25, 0.3) is 11.2 Å². The van der Waals surface area contributed by atoms with E-state index in [9.17, 15) is 0 Å². The number of nitrogens with zero attached hydrogens (tertiary/aromatic N) is 2. The minimum absolute atomic E-state index is 0.492. The van der Waals surface area contributed by atoms with E-state index in [2.05, 4.69) is 21.9 Å². The van der Waals surface area contributed by atoms with E-state index in [1.165, 1.54) is 6.42 Å². The number of rotatable bonds is 3. The van der Waals surface area contributed by atoms with Gasteiger partial charge in [0.15, 0.2) is 5.65 Å². The van der Waals surface area contributed by atoms with Crippen LogP contribution < -0.4 is 0 Å². The molecular formula is C10H12ClN3. The summed E-state index contributed by atoms with van der Waals surface area (Å²) in [5, 5.41) is 0.492. The first kappa shape index (κ1) is 9.46. The first-order chi connectivity index (χ1) is 6.79. The maximum atomic E-state index is 5.77. The van der Waals surface area contributed by atoms with Crippen LogP contribution >= 0.6 is 11.6 Å². The zero-order valence-electron chi connectivity index (χ0n) is 8.05. The van der Waals surface area contributed by atoms with E-state index < -0.39 is 0 Å². The van der Waals surface area contributed by atoms with Crippen LogP contribution in [0, 0.1) is 0 Å². The number of halogens is 1. The molecule has 0 aliphatic heterocycles. The molecular weight excluding hydrogens is 198 g/mol. The number of aryl methyl sites for hydroxylation is 1. The Kier molecular flexibility index (Phi) is 2.68. The molecule has 0 radical (unpaired) electrons. The molecule has 2 rings (SSSR count). The van der Waals surface area contributed by atoms with Gasteiger partial charge in [0.1, 0.15) is 11.0 Å². The van der Waals surface area contributed by atoms with Crippen LogP contribution in [0.1, 0.15) is 25.6 Å². The minimum atomic E-state index is 0.492. The van der Waals surface area contributed by atoms with Crippen molar-refractivity contribution in [1.82, 2.24) is 15.0 Å². The van der Waals surface area contributed by atoms with Crippen LogP contribution in [0.5, 0.6) is 0 Å². The number of aromatic amines is 1. The van der Waals surface area contributed by atoms with Gasteiger partial charge in [-0.15, -0.1) is 0 Å². The molecule has 0 bridgehead atoms. The summed E-state index contributed by atoms with van der Waals surface area (Å²) in [5.74, 6) is 0.997. The van der Waals surface area contributed by atoms with Gasteiger partial charge in [-0.2, -0.15) is 0 Å². The number of fused-ring (bicyclic) bond motifs is 1. The molecule has 1 N–H and O–H groups in total. The van der Waals surface area contributed by atoms with Crippen molar-refractivity contribution in [3.63, 3.8) is 0 Å². The van der Waals surface area contributed by atoms with E-state index in [0.29, 0.717) is 10.8 Å². The summed E-state index contributed by atoms with van der Waals surface area (Å²) in [7, 11) is 0. The van der Waals surface area contributed by atoms with Gasteiger partial charge in [0.2, 0.25) is 0 Å². The third-order valence-electron chi connectivity index (χ3n) is 2.13. The molecule has 4 heteroatoms. The molecule has 0 amide bonds. The zero-order valence-corrected chi connectivity index (χ0v) is 8.80. The Bertz CT molecular complexity index is 436. The number of aromatic nitrogens is 3. The molecule has 0 aliphatic rings. The van der Waals surface area contributed by atoms with Gasteiger partial charge < -0.3 is 4.98 Å². The van der Waals surface area contributed by atoms with Gasteiger partial charge in [0, 0.05) is 6.42 Å². The molecule has 0 aliphatic carbocycles. The first-order valence-electron chi connectivity index (χ1n) is 4.80. The van der Waals surface area contributed by atoms with Crippen LogP contribution in [0.4, 0.5) is 0 Å². The van der Waals surface area contributed by atoms with E-state index in [-0.39, 0.29) is 0 Å². The Morgan fingerprint density at radius 2 is 2.21 bits per heavy atom. The normalized spacial score (nSPS) is 11.0. The summed E-state index contributed by atoms with van der Waals surface area (Å²) in [5.41, 5.74) is 1.67. The smallest absolute Gasteiger partial charge is 0.179 e. The van der Waals surface area contributed by atoms with Crippen molar-refractivity contribution < 1.29 is 0 Å². The van der Waals surface area contributed by atoms with E-state index >= 15 is 0 Å². The lowest BCUT2D eigenvalue weighted by Gasteiger charge is -1.90. The van der Waals surface area contributed by atoms with Gasteiger partial charge in [-0.05, 0) is 18.6 Å². The number of hydrogen-bond donors (Lipinski definition) is 1. The molecule has 14 heavy (non-hydrogen) atoms. The largest absolute Gasteiger partial charge is 0.341 e. The number of pyridine rings is 1. The maximum absolute atomic E-state index is 5.77. The highest BCUT2D eigenvalue weighted by molar-refractivity contribution is 6.29. The Labute approximate surface area is 87.5 Å². The fraction of sp³-hybridized carbons (Fsp3) is 0.400. The van der Waals surface area contributed by atoms with Crippen molar-refractivity contribution in [2.75, 3.05) is 0 Å². The second-order valence-corrected chi connectivity index (χ2v) is 3.68. The van der Waals surface area contributed by atoms with Crippen LogP contribution in [-0.4, -0.2) is 15.0 Å². The molecule has 0 aromatic carbocycles. The Balaban J connectivity index is 2.32. The third kappa shape index (κ3) is 1.87. The van der Waals surface area contributed by atoms with Crippen molar-refractivity contribution in [3.8, 4) is 0 Å². The molecule has 0 atom stereocenters. The molecule has 2 aromatic rings. The van der Waals surface area contributed by atoms with Crippen molar-refractivity contribution in [3.05, 3.63) is 23.1 Å². The van der Waals surface area contributed by atoms with E-state index in [1.54, 1.807) is 6.07 Å². The predicted molar refractivity (Wildman–Crippen MR) is 57.5 cm³/mol. The van der Waals surface area contributed by atoms with E-state index in [4.69, 9.17) is 11.6 Å². The third-order valence-corrected chi connectivity index (χ3v) is 2.34. The molecule has 0 spiro atoms. The van der Waals surface area contributed by atoms with E-state index in [1.807, 2.05) is 6.07 Å². The first-order valence-corrected chi connectivity index (χ1v) is 5.18. The Hall–Kier alpha value is -1.09. The zero-order chi connectivity index (χ0) is 9.97. The second-order valence-electron chi connectivity index (χ2n) is 3.29. The molecule has 2 aromatic heterocycles. The van der Waals surface area contributed by atoms with Crippen molar-refractivity contribution in [1.29, 1.82) is 0 Å². The summed E-state index contributed by atoms with van der Waals surface area (Å²) in [6.07, 6.45) is 3.29. The topological polar surface area (TPSA) is 41.6 Å². The second kappa shape index (κ2) is 3.96. The van der Waals surface area contributed by atoms with Gasteiger partial charge in [-0.1, -0.05) is 24.9 Å². The van der Waals surface area contributed by atoms with Crippen LogP contribution in [0.2, 0.25) is 5.15 Å². The lowest BCUT2D eigenvalue weighted by Crippen LogP contribution is -1.86. The molecule has 0 unspecified atom stereocenters. The lowest BCUT2D eigenvalue weighted by atomic mass is 10.2. The molecule has 0 saturated carbocycles. The van der Waals surface area contributed by atoms with Crippen LogP contribution in [0.15, 0.2) is 12.1 Å². The predicted octanol–water partition coefficient (Wildman–Crippen LogP) is 2.95. The monoisotopic (exact) mass is 209 g/mol. The average Bonchev–Trinajstić information content (AvgIpc) is 2.56. The molecule has 2 heterocycles. The Morgan fingerprint density at radius 1 is 1.36 bits per heavy atom. The molecule has 3 nitrogen and oxygen atoms in total. The maximum Gasteiger partial charge on any atom is 0.179 e. The number of H-pyrrole nitrogens is 1. The highest BCUT2D eigenvalue weighted by Crippen LogP contribution is 2.13. The van der Waals surface area contributed by atoms with Gasteiger partial charge in [0.05, 0.1) is 5.52 Å². The van der Waals surface area contributed by atoms with Gasteiger partial charge in [-0.3, -0.25) is 0 Å². The summed E-state index contributed by atoms with van der Waals surface area (Å²) >= 11 is 5.77. The van der Waals surface area contributed by atoms with Crippen molar-refractivity contribution >= 4 is 22.8 Å². The molecule has 0 saturated heterocycles. The standard InChI is InChI=1S/C10H12ClN3/c1-2-3-4-9-12-7-5-6-8(11)13-10(7)14-9/h5-6H,2-4H2,1H3,(H,12,13,14). The van der Waals surface area contributed by atoms with E-state index in [0.717, 1.165) is 24.2 Å². The molecule has 74 valence electrons. The highest BCUT2D eigenvalue weighted by Gasteiger charge is 2.03. The Morgan fingerprint density at radius 3 is 3.00 bits per heavy atom. The minimum Gasteiger partial charge on any atom is -0.341 e. The van der Waals surface area contributed by atoms with Crippen molar-refractivity contribution in [2.45, 2.75) is 26.2 Å². The average molecular weight is 210 g/mol. The van der Waals surface area contributed by atoms with Crippen LogP contribution in [0.3, 0.4) is 0 Å². The quantitative estimate of drug-likeness (QED) is 0.790. The number of hydrogen-bond acceptors (Lipinski definition) is 2. The van der Waals surface area contributed by atoms with Gasteiger partial charge in [0.25, 0.3) is 0 Å². The van der Waals surface area contributed by atoms with Gasteiger partial charge >= 0.3 is 0 Å². The lowest BCUT2D eigenvalue weighted by molar-refractivity contribution is 0.764. The summed E-state index contributed by atoms with van der Waals surface area (Å²) in [6, 6.07) is 3.68. The SMILES string of the molecule is CCCCc1nc2nc(Cl)ccc2[nH]1. The fourth-order valence-electron chi connectivity index (χ4n) is 1.38. The summed E-state index contributed by atoms with van der Waals surface area (Å²) in [6.45, 7) is 2.16.